The molecule has 4 nitrogen and oxygen atoms in total. The van der Waals surface area contributed by atoms with E-state index in [0.29, 0.717) is 5.56 Å². The molecule has 0 radical (unpaired) electrons. The molecule has 1 heterocycles. The molecule has 0 aromatic heterocycles. The Labute approximate surface area is 168 Å². The lowest BCUT2D eigenvalue weighted by Crippen LogP contribution is -2.22. The molecule has 0 aliphatic carbocycles. The topological polar surface area (TPSA) is 50.4 Å². The first kappa shape index (κ1) is 18.2. The molecule has 1 atom stereocenters. The van der Waals surface area contributed by atoms with Gasteiger partial charge in [0.05, 0.1) is 12.8 Å². The van der Waals surface area contributed by atoms with Gasteiger partial charge in [-0.05, 0) is 29.8 Å². The Bertz CT molecular complexity index is 986. The van der Waals surface area contributed by atoms with Crippen molar-refractivity contribution in [1.29, 1.82) is 0 Å². The van der Waals surface area contributed by atoms with Crippen molar-refractivity contribution in [1.82, 2.24) is 10.6 Å². The van der Waals surface area contributed by atoms with Crippen molar-refractivity contribution in [2.24, 2.45) is 0 Å². The van der Waals surface area contributed by atoms with Crippen LogP contribution in [0.5, 0.6) is 5.75 Å². The highest BCUT2D eigenvalue weighted by molar-refractivity contribution is 8.03. The molecule has 3 aromatic carbocycles. The van der Waals surface area contributed by atoms with Gasteiger partial charge in [0, 0.05) is 11.1 Å². The highest BCUT2D eigenvalue weighted by Gasteiger charge is 2.27. The molecule has 4 rings (SSSR count). The summed E-state index contributed by atoms with van der Waals surface area (Å²) in [4.78, 5) is 12.8. The molecule has 0 saturated heterocycles. The molecular weight excluding hydrogens is 368 g/mol. The lowest BCUT2D eigenvalue weighted by molar-refractivity contribution is 0.0969. The number of amides is 1. The van der Waals surface area contributed by atoms with Gasteiger partial charge < -0.3 is 15.4 Å². The van der Waals surface area contributed by atoms with Crippen LogP contribution < -0.4 is 15.4 Å². The fourth-order valence-electron chi connectivity index (χ4n) is 3.01. The number of carbonyl (C=O) groups excluding carboxylic acids is 1. The van der Waals surface area contributed by atoms with Crippen molar-refractivity contribution in [3.05, 3.63) is 107 Å². The third-order valence-corrected chi connectivity index (χ3v) is 5.65. The zero-order valence-electron chi connectivity index (χ0n) is 15.4. The van der Waals surface area contributed by atoms with Crippen LogP contribution >= 0.6 is 11.8 Å². The molecule has 3 aromatic rings. The van der Waals surface area contributed by atoms with Gasteiger partial charge in [0.2, 0.25) is 0 Å². The second-order valence-corrected chi connectivity index (χ2v) is 7.42. The Morgan fingerprint density at radius 1 is 0.929 bits per heavy atom. The normalized spacial score (nSPS) is 15.8. The Hall–Kier alpha value is -3.18. The van der Waals surface area contributed by atoms with Crippen molar-refractivity contribution in [3.63, 3.8) is 0 Å². The van der Waals surface area contributed by atoms with Crippen LogP contribution in [0, 0.1) is 0 Å². The number of benzene rings is 3. The van der Waals surface area contributed by atoms with Gasteiger partial charge in [0.1, 0.15) is 16.2 Å². The molecule has 1 aliphatic rings. The summed E-state index contributed by atoms with van der Waals surface area (Å²) in [7, 11) is 1.61. The number of hydrogen-bond donors (Lipinski definition) is 2. The molecule has 28 heavy (non-hydrogen) atoms. The SMILES string of the molecule is COc1ccc(C(=O)NC2=C(c3ccccc3)NC(c3ccccc3)S2)cc1. The maximum Gasteiger partial charge on any atom is 0.256 e. The molecule has 2 N–H and O–H groups in total. The summed E-state index contributed by atoms with van der Waals surface area (Å²) < 4.78 is 5.17. The second kappa shape index (κ2) is 8.23. The van der Waals surface area contributed by atoms with Crippen molar-refractivity contribution in [2.45, 2.75) is 5.37 Å². The van der Waals surface area contributed by atoms with Crippen LogP contribution in [0.2, 0.25) is 0 Å². The van der Waals surface area contributed by atoms with E-state index in [9.17, 15) is 4.79 Å². The number of rotatable bonds is 5. The lowest BCUT2D eigenvalue weighted by atomic mass is 10.1. The van der Waals surface area contributed by atoms with Crippen LogP contribution in [0.1, 0.15) is 26.9 Å². The van der Waals surface area contributed by atoms with Gasteiger partial charge in [0.15, 0.2) is 0 Å². The maximum atomic E-state index is 12.8. The molecule has 5 heteroatoms. The van der Waals surface area contributed by atoms with Crippen molar-refractivity contribution >= 4 is 23.4 Å². The van der Waals surface area contributed by atoms with Gasteiger partial charge in [-0.15, -0.1) is 0 Å². The van der Waals surface area contributed by atoms with E-state index in [2.05, 4.69) is 22.8 Å². The predicted octanol–water partition coefficient (Wildman–Crippen LogP) is 4.79. The summed E-state index contributed by atoms with van der Waals surface area (Å²) in [5.74, 6) is 0.580. The maximum absolute atomic E-state index is 12.8. The first-order valence-corrected chi connectivity index (χ1v) is 9.86. The van der Waals surface area contributed by atoms with Crippen LogP contribution in [0.4, 0.5) is 0 Å². The van der Waals surface area contributed by atoms with E-state index in [1.165, 1.54) is 0 Å². The van der Waals surface area contributed by atoms with Crippen LogP contribution in [0.25, 0.3) is 5.70 Å². The first-order chi connectivity index (χ1) is 13.7. The fourth-order valence-corrected chi connectivity index (χ4v) is 4.16. The average molecular weight is 388 g/mol. The standard InChI is InChI=1S/C23H20N2O2S/c1-27-19-14-12-17(13-15-19)21(26)25-23-20(16-8-4-2-5-9-16)24-22(28-23)18-10-6-3-7-11-18/h2-15,22,24H,1H3,(H,25,26). The third kappa shape index (κ3) is 3.89. The summed E-state index contributed by atoms with van der Waals surface area (Å²) in [6, 6.07) is 27.4. The van der Waals surface area contributed by atoms with Crippen molar-refractivity contribution in [3.8, 4) is 5.75 Å². The Morgan fingerprint density at radius 3 is 2.21 bits per heavy atom. The monoisotopic (exact) mass is 388 g/mol. The number of carbonyl (C=O) groups is 1. The van der Waals surface area contributed by atoms with E-state index in [1.807, 2.05) is 48.5 Å². The molecule has 1 aliphatic heterocycles. The minimum atomic E-state index is -0.144. The fraction of sp³-hybridized carbons (Fsp3) is 0.0870. The Morgan fingerprint density at radius 2 is 1.57 bits per heavy atom. The highest BCUT2D eigenvalue weighted by Crippen LogP contribution is 2.42. The van der Waals surface area contributed by atoms with Crippen molar-refractivity contribution < 1.29 is 9.53 Å². The number of methoxy groups -OCH3 is 1. The largest absolute Gasteiger partial charge is 0.497 e. The number of hydrogen-bond acceptors (Lipinski definition) is 4. The second-order valence-electron chi connectivity index (χ2n) is 6.31. The Balaban J connectivity index is 1.61. The molecule has 0 saturated carbocycles. The molecule has 1 amide bonds. The number of ether oxygens (including phenoxy) is 1. The van der Waals surface area contributed by atoms with Gasteiger partial charge in [-0.1, -0.05) is 72.4 Å². The number of nitrogens with one attached hydrogen (secondary N) is 2. The third-order valence-electron chi connectivity index (χ3n) is 4.48. The minimum Gasteiger partial charge on any atom is -0.497 e. The van der Waals surface area contributed by atoms with Crippen LogP contribution in [-0.4, -0.2) is 13.0 Å². The van der Waals surface area contributed by atoms with Gasteiger partial charge >= 0.3 is 0 Å². The van der Waals surface area contributed by atoms with Crippen LogP contribution in [0.3, 0.4) is 0 Å². The van der Waals surface area contributed by atoms with E-state index in [4.69, 9.17) is 4.74 Å². The van der Waals surface area contributed by atoms with Gasteiger partial charge in [-0.25, -0.2) is 0 Å². The van der Waals surface area contributed by atoms with Crippen molar-refractivity contribution in [2.75, 3.05) is 7.11 Å². The van der Waals surface area contributed by atoms with Crippen LogP contribution in [0.15, 0.2) is 90.0 Å². The van der Waals surface area contributed by atoms with E-state index >= 15 is 0 Å². The highest BCUT2D eigenvalue weighted by atomic mass is 32.2. The molecule has 0 bridgehead atoms. The minimum absolute atomic E-state index is 0.0440. The zero-order valence-corrected chi connectivity index (χ0v) is 16.2. The summed E-state index contributed by atoms with van der Waals surface area (Å²) >= 11 is 1.61. The average Bonchev–Trinajstić information content (AvgIpc) is 3.19. The van der Waals surface area contributed by atoms with Gasteiger partial charge in [-0.3, -0.25) is 4.79 Å². The molecule has 0 fully saturated rings. The summed E-state index contributed by atoms with van der Waals surface area (Å²) in [6.45, 7) is 0. The van der Waals surface area contributed by atoms with E-state index in [1.54, 1.807) is 43.1 Å². The zero-order chi connectivity index (χ0) is 19.3. The quantitative estimate of drug-likeness (QED) is 0.660. The Kier molecular flexibility index (Phi) is 5.35. The number of thioether (sulfide) groups is 1. The molecular formula is C23H20N2O2S. The summed E-state index contributed by atoms with van der Waals surface area (Å²) in [5, 5.41) is 7.50. The first-order valence-electron chi connectivity index (χ1n) is 8.98. The predicted molar refractivity (Wildman–Crippen MR) is 114 cm³/mol. The van der Waals surface area contributed by atoms with E-state index in [0.717, 1.165) is 27.6 Å². The van der Waals surface area contributed by atoms with Crippen LogP contribution in [-0.2, 0) is 0 Å². The smallest absolute Gasteiger partial charge is 0.256 e. The molecule has 0 spiro atoms. The van der Waals surface area contributed by atoms with E-state index < -0.39 is 0 Å². The van der Waals surface area contributed by atoms with Gasteiger partial charge in [0.25, 0.3) is 5.91 Å². The lowest BCUT2D eigenvalue weighted by Gasteiger charge is -2.12. The van der Waals surface area contributed by atoms with Gasteiger partial charge in [-0.2, -0.15) is 0 Å². The summed E-state index contributed by atoms with van der Waals surface area (Å²) in [6.07, 6.45) is 0. The molecule has 140 valence electrons. The molecule has 1 unspecified atom stereocenters. The summed E-state index contributed by atoms with van der Waals surface area (Å²) in [5.41, 5.74) is 3.72. The van der Waals surface area contributed by atoms with E-state index in [-0.39, 0.29) is 11.3 Å².